The predicted octanol–water partition coefficient (Wildman–Crippen LogP) is 3.64. The van der Waals surface area contributed by atoms with Crippen LogP contribution in [0.1, 0.15) is 34.6 Å². The van der Waals surface area contributed by atoms with Crippen molar-refractivity contribution in [2.75, 3.05) is 13.2 Å². The van der Waals surface area contributed by atoms with Crippen molar-refractivity contribution in [1.82, 2.24) is 10.6 Å². The lowest BCUT2D eigenvalue weighted by Crippen LogP contribution is -2.53. The van der Waals surface area contributed by atoms with Crippen molar-refractivity contribution in [2.24, 2.45) is 0 Å². The number of hydrogen-bond donors (Lipinski definition) is 2. The van der Waals surface area contributed by atoms with Crippen LogP contribution >= 0.6 is 0 Å². The lowest BCUT2D eigenvalue weighted by molar-refractivity contribution is -0.124. The Kier molecular flexibility index (Phi) is 6.31. The minimum atomic E-state index is -0.638. The van der Waals surface area contributed by atoms with Crippen LogP contribution in [0.2, 0.25) is 0 Å². The molecule has 2 N–H and O–H groups in total. The second-order valence-electron chi connectivity index (χ2n) is 8.09. The minimum Gasteiger partial charge on any atom is -0.484 e. The third kappa shape index (κ3) is 7.17. The molecular formula is C21H28N2O4. The van der Waals surface area contributed by atoms with Gasteiger partial charge in [-0.15, -0.1) is 0 Å². The number of hydrogen-bond acceptors (Lipinski definition) is 4. The highest BCUT2D eigenvalue weighted by atomic mass is 16.6. The molecule has 6 heteroatoms. The van der Waals surface area contributed by atoms with Gasteiger partial charge in [0, 0.05) is 6.54 Å². The van der Waals surface area contributed by atoms with Crippen molar-refractivity contribution >= 4 is 22.8 Å². The molecule has 2 aromatic carbocycles. The van der Waals surface area contributed by atoms with Crippen molar-refractivity contribution < 1.29 is 19.1 Å². The monoisotopic (exact) mass is 372 g/mol. The molecule has 0 aliphatic heterocycles. The molecule has 0 aliphatic carbocycles. The maximum Gasteiger partial charge on any atom is 0.407 e. The van der Waals surface area contributed by atoms with Gasteiger partial charge in [-0.2, -0.15) is 0 Å². The van der Waals surface area contributed by atoms with Gasteiger partial charge in [-0.25, -0.2) is 4.79 Å². The molecule has 0 saturated carbocycles. The van der Waals surface area contributed by atoms with Crippen LogP contribution in [0.15, 0.2) is 42.5 Å². The zero-order valence-corrected chi connectivity index (χ0v) is 16.6. The van der Waals surface area contributed by atoms with E-state index in [9.17, 15) is 9.59 Å². The molecule has 0 atom stereocenters. The topological polar surface area (TPSA) is 76.7 Å². The van der Waals surface area contributed by atoms with Crippen LogP contribution in [0.3, 0.4) is 0 Å². The number of fused-ring (bicyclic) bond motifs is 1. The van der Waals surface area contributed by atoms with E-state index in [4.69, 9.17) is 9.47 Å². The van der Waals surface area contributed by atoms with Gasteiger partial charge in [0.05, 0.1) is 5.54 Å². The quantitative estimate of drug-likeness (QED) is 0.812. The van der Waals surface area contributed by atoms with Gasteiger partial charge in [-0.3, -0.25) is 4.79 Å². The van der Waals surface area contributed by atoms with Crippen molar-refractivity contribution in [2.45, 2.75) is 45.8 Å². The molecule has 146 valence electrons. The largest absolute Gasteiger partial charge is 0.484 e. The predicted molar refractivity (Wildman–Crippen MR) is 106 cm³/mol. The van der Waals surface area contributed by atoms with Gasteiger partial charge in [0.1, 0.15) is 11.4 Å². The lowest BCUT2D eigenvalue weighted by atomic mass is 10.1. The number of amides is 2. The third-order valence-corrected chi connectivity index (χ3v) is 3.64. The fourth-order valence-corrected chi connectivity index (χ4v) is 2.47. The van der Waals surface area contributed by atoms with Gasteiger partial charge < -0.3 is 20.1 Å². The first-order chi connectivity index (χ1) is 12.5. The molecule has 0 radical (unpaired) electrons. The van der Waals surface area contributed by atoms with Crippen LogP contribution in [-0.2, 0) is 9.53 Å². The summed E-state index contributed by atoms with van der Waals surface area (Å²) >= 11 is 0. The Morgan fingerprint density at radius 1 is 0.963 bits per heavy atom. The average Bonchev–Trinajstić information content (AvgIpc) is 2.56. The zero-order chi connectivity index (χ0) is 20.1. The molecule has 0 saturated heterocycles. The summed E-state index contributed by atoms with van der Waals surface area (Å²) in [6.45, 7) is 9.16. The number of rotatable bonds is 6. The van der Waals surface area contributed by atoms with Crippen LogP contribution in [0.5, 0.6) is 5.75 Å². The van der Waals surface area contributed by atoms with Gasteiger partial charge in [0.15, 0.2) is 6.61 Å². The van der Waals surface area contributed by atoms with E-state index < -0.39 is 17.2 Å². The Balaban J connectivity index is 1.81. The van der Waals surface area contributed by atoms with E-state index in [1.807, 2.05) is 56.3 Å². The van der Waals surface area contributed by atoms with Crippen LogP contribution in [-0.4, -0.2) is 36.3 Å². The van der Waals surface area contributed by atoms with Gasteiger partial charge in [0.25, 0.3) is 5.91 Å². The summed E-state index contributed by atoms with van der Waals surface area (Å²) in [7, 11) is 0. The van der Waals surface area contributed by atoms with E-state index >= 15 is 0 Å². The molecule has 0 aromatic heterocycles. The third-order valence-electron chi connectivity index (χ3n) is 3.64. The molecule has 0 aliphatic rings. The summed E-state index contributed by atoms with van der Waals surface area (Å²) in [6, 6.07) is 13.6. The number of ether oxygens (including phenoxy) is 2. The Morgan fingerprint density at radius 3 is 2.30 bits per heavy atom. The van der Waals surface area contributed by atoms with E-state index in [0.29, 0.717) is 5.75 Å². The Morgan fingerprint density at radius 2 is 1.63 bits per heavy atom. The number of carbonyl (C=O) groups is 2. The zero-order valence-electron chi connectivity index (χ0n) is 16.6. The fourth-order valence-electron chi connectivity index (χ4n) is 2.47. The number of benzene rings is 2. The number of alkyl carbamates (subject to hydrolysis) is 1. The van der Waals surface area contributed by atoms with Gasteiger partial charge >= 0.3 is 6.09 Å². The Bertz CT molecular complexity index is 809. The van der Waals surface area contributed by atoms with E-state index in [1.165, 1.54) is 0 Å². The molecular weight excluding hydrogens is 344 g/mol. The highest BCUT2D eigenvalue weighted by Gasteiger charge is 2.23. The first-order valence-electron chi connectivity index (χ1n) is 8.94. The average molecular weight is 372 g/mol. The van der Waals surface area contributed by atoms with E-state index in [1.54, 1.807) is 20.8 Å². The highest BCUT2D eigenvalue weighted by molar-refractivity contribution is 5.84. The molecule has 0 fully saturated rings. The van der Waals surface area contributed by atoms with E-state index in [-0.39, 0.29) is 19.1 Å². The molecule has 27 heavy (non-hydrogen) atoms. The van der Waals surface area contributed by atoms with Crippen LogP contribution in [0, 0.1) is 0 Å². The summed E-state index contributed by atoms with van der Waals surface area (Å²) in [6.07, 6.45) is -0.516. The SMILES string of the molecule is CC(C)(CNC(=O)OC(C)(C)C)NC(=O)COc1ccc2ccccc2c1. The summed E-state index contributed by atoms with van der Waals surface area (Å²) < 4.78 is 10.8. The van der Waals surface area contributed by atoms with E-state index in [2.05, 4.69) is 10.6 Å². The summed E-state index contributed by atoms with van der Waals surface area (Å²) in [5, 5.41) is 7.68. The second-order valence-corrected chi connectivity index (χ2v) is 8.09. The van der Waals surface area contributed by atoms with Crippen molar-refractivity contribution in [1.29, 1.82) is 0 Å². The maximum atomic E-state index is 12.2. The molecule has 6 nitrogen and oxygen atoms in total. The molecule has 0 spiro atoms. The Hall–Kier alpha value is -2.76. The van der Waals surface area contributed by atoms with Crippen molar-refractivity contribution in [3.05, 3.63) is 42.5 Å². The minimum absolute atomic E-state index is 0.103. The summed E-state index contributed by atoms with van der Waals surface area (Å²) in [4.78, 5) is 23.9. The van der Waals surface area contributed by atoms with Crippen molar-refractivity contribution in [3.8, 4) is 5.75 Å². The highest BCUT2D eigenvalue weighted by Crippen LogP contribution is 2.20. The number of nitrogens with one attached hydrogen (secondary N) is 2. The first kappa shape index (κ1) is 20.6. The van der Waals surface area contributed by atoms with Gasteiger partial charge in [-0.05, 0) is 57.5 Å². The Labute approximate surface area is 160 Å². The van der Waals surface area contributed by atoms with Gasteiger partial charge in [0.2, 0.25) is 0 Å². The van der Waals surface area contributed by atoms with Crippen molar-refractivity contribution in [3.63, 3.8) is 0 Å². The smallest absolute Gasteiger partial charge is 0.407 e. The normalized spacial score (nSPS) is 11.7. The molecule has 2 aromatic rings. The molecule has 0 heterocycles. The molecule has 2 amide bonds. The van der Waals surface area contributed by atoms with Crippen LogP contribution in [0.4, 0.5) is 4.79 Å². The fraction of sp³-hybridized carbons (Fsp3) is 0.429. The van der Waals surface area contributed by atoms with E-state index in [0.717, 1.165) is 10.8 Å². The molecule has 0 bridgehead atoms. The second kappa shape index (κ2) is 8.29. The van der Waals surface area contributed by atoms with Crippen LogP contribution < -0.4 is 15.4 Å². The maximum absolute atomic E-state index is 12.2. The van der Waals surface area contributed by atoms with Crippen LogP contribution in [0.25, 0.3) is 10.8 Å². The molecule has 2 rings (SSSR count). The van der Waals surface area contributed by atoms with Gasteiger partial charge in [-0.1, -0.05) is 30.3 Å². The number of carbonyl (C=O) groups excluding carboxylic acids is 2. The standard InChI is InChI=1S/C21H28N2O4/c1-20(2,3)27-19(25)22-14-21(4,5)23-18(24)13-26-17-11-10-15-8-6-7-9-16(15)12-17/h6-12H,13-14H2,1-5H3,(H,22,25)(H,23,24). The summed E-state index contributed by atoms with van der Waals surface area (Å²) in [5.41, 5.74) is -1.20. The lowest BCUT2D eigenvalue weighted by Gasteiger charge is -2.27. The molecule has 0 unspecified atom stereocenters. The first-order valence-corrected chi connectivity index (χ1v) is 8.94. The summed E-state index contributed by atoms with van der Waals surface area (Å²) in [5.74, 6) is 0.368.